The van der Waals surface area contributed by atoms with E-state index in [9.17, 15) is 14.7 Å². The molecule has 0 bridgehead atoms. The summed E-state index contributed by atoms with van der Waals surface area (Å²) < 4.78 is 11.4. The lowest BCUT2D eigenvalue weighted by Crippen LogP contribution is -2.41. The van der Waals surface area contributed by atoms with Gasteiger partial charge in [-0.1, -0.05) is 37.3 Å². The number of hydrogen-bond donors (Lipinski definition) is 1. The Balaban J connectivity index is 1.48. The van der Waals surface area contributed by atoms with Crippen molar-refractivity contribution in [3.05, 3.63) is 59.0 Å². The Bertz CT molecular complexity index is 775. The van der Waals surface area contributed by atoms with Crippen molar-refractivity contribution in [3.8, 4) is 0 Å². The van der Waals surface area contributed by atoms with Gasteiger partial charge < -0.3 is 19.2 Å². The molecule has 0 saturated carbocycles. The van der Waals surface area contributed by atoms with Gasteiger partial charge in [-0.3, -0.25) is 4.79 Å². The van der Waals surface area contributed by atoms with Gasteiger partial charge in [0.1, 0.15) is 11.3 Å². The Morgan fingerprint density at radius 1 is 1.22 bits per heavy atom. The number of benzene rings is 1. The smallest absolute Gasteiger partial charge is 0.339 e. The maximum Gasteiger partial charge on any atom is 0.339 e. The van der Waals surface area contributed by atoms with E-state index < -0.39 is 5.97 Å². The highest BCUT2D eigenvalue weighted by Crippen LogP contribution is 2.21. The van der Waals surface area contributed by atoms with Gasteiger partial charge in [-0.05, 0) is 24.8 Å². The maximum atomic E-state index is 12.6. The minimum absolute atomic E-state index is 0.0694. The highest BCUT2D eigenvalue weighted by atomic mass is 16.5. The number of likely N-dealkylation sites (tertiary alicyclic amines) is 1. The van der Waals surface area contributed by atoms with Crippen molar-refractivity contribution < 1.29 is 23.8 Å². The van der Waals surface area contributed by atoms with Crippen molar-refractivity contribution in [1.82, 2.24) is 4.90 Å². The fraction of sp³-hybridized carbons (Fsp3) is 0.429. The summed E-state index contributed by atoms with van der Waals surface area (Å²) in [5.41, 5.74) is 1.32. The van der Waals surface area contributed by atoms with Crippen molar-refractivity contribution in [2.24, 2.45) is 0 Å². The number of piperidine rings is 1. The molecule has 2 heterocycles. The number of furan rings is 1. The number of hydrogen-bond acceptors (Lipinski definition) is 4. The molecule has 3 rings (SSSR count). The van der Waals surface area contributed by atoms with Crippen molar-refractivity contribution in [2.45, 2.75) is 38.7 Å². The molecular weight excluding hydrogens is 346 g/mol. The van der Waals surface area contributed by atoms with Crippen molar-refractivity contribution in [2.75, 3.05) is 19.7 Å². The molecule has 1 aliphatic heterocycles. The van der Waals surface area contributed by atoms with E-state index in [0.717, 1.165) is 19.3 Å². The van der Waals surface area contributed by atoms with Crippen molar-refractivity contribution in [1.29, 1.82) is 0 Å². The first-order valence-electron chi connectivity index (χ1n) is 9.39. The largest absolute Gasteiger partial charge is 0.478 e. The third kappa shape index (κ3) is 4.77. The molecule has 1 aliphatic rings. The van der Waals surface area contributed by atoms with E-state index in [1.165, 1.54) is 11.6 Å². The Kier molecular flexibility index (Phi) is 6.29. The van der Waals surface area contributed by atoms with Crippen LogP contribution in [0.15, 0.2) is 40.8 Å². The second-order valence-corrected chi connectivity index (χ2v) is 6.70. The Morgan fingerprint density at radius 3 is 2.52 bits per heavy atom. The number of amides is 1. The quantitative estimate of drug-likeness (QED) is 0.807. The molecule has 0 radical (unpaired) electrons. The highest BCUT2D eigenvalue weighted by molar-refractivity contribution is 5.96. The topological polar surface area (TPSA) is 80.0 Å². The lowest BCUT2D eigenvalue weighted by atomic mass is 10.1. The predicted octanol–water partition coefficient (Wildman–Crippen LogP) is 3.40. The highest BCUT2D eigenvalue weighted by Gasteiger charge is 2.27. The van der Waals surface area contributed by atoms with Crippen LogP contribution < -0.4 is 0 Å². The molecule has 1 N–H and O–H groups in total. The summed E-state index contributed by atoms with van der Waals surface area (Å²) in [5.74, 6) is -0.877. The lowest BCUT2D eigenvalue weighted by Gasteiger charge is -2.31. The Labute approximate surface area is 158 Å². The summed E-state index contributed by atoms with van der Waals surface area (Å²) in [6.07, 6.45) is 3.01. The van der Waals surface area contributed by atoms with Crippen LogP contribution in [0.4, 0.5) is 0 Å². The van der Waals surface area contributed by atoms with Crippen LogP contribution >= 0.6 is 0 Å². The van der Waals surface area contributed by atoms with Crippen LogP contribution in [0.25, 0.3) is 0 Å². The Hall–Kier alpha value is -2.60. The van der Waals surface area contributed by atoms with Crippen LogP contribution in [0.5, 0.6) is 0 Å². The molecule has 1 aromatic heterocycles. The maximum absolute atomic E-state index is 12.6. The monoisotopic (exact) mass is 371 g/mol. The van der Waals surface area contributed by atoms with Crippen molar-refractivity contribution in [3.63, 3.8) is 0 Å². The molecule has 1 aromatic carbocycles. The van der Waals surface area contributed by atoms with E-state index in [4.69, 9.17) is 9.15 Å². The number of carboxylic acid groups (broad SMARTS) is 1. The van der Waals surface area contributed by atoms with Gasteiger partial charge in [-0.25, -0.2) is 4.79 Å². The number of aromatic carboxylic acids is 1. The third-order valence-electron chi connectivity index (χ3n) is 4.89. The number of rotatable bonds is 7. The summed E-state index contributed by atoms with van der Waals surface area (Å²) in [6, 6.07) is 11.6. The first-order valence-corrected chi connectivity index (χ1v) is 9.39. The van der Waals surface area contributed by atoms with Gasteiger partial charge in [0.05, 0.1) is 12.7 Å². The van der Waals surface area contributed by atoms with Gasteiger partial charge in [-0.15, -0.1) is 0 Å². The summed E-state index contributed by atoms with van der Waals surface area (Å²) in [6.45, 7) is 3.64. The van der Waals surface area contributed by atoms with Gasteiger partial charge in [0.25, 0.3) is 5.91 Å². The van der Waals surface area contributed by atoms with Gasteiger partial charge in [0.15, 0.2) is 5.76 Å². The standard InChI is InChI=1S/C21H25NO5/c1-2-18-17(21(24)25)14-19(27-18)20(23)22-11-8-16(9-12-22)26-13-10-15-6-4-3-5-7-15/h3-7,14,16H,2,8-13H2,1H3,(H,24,25). The molecule has 0 atom stereocenters. The molecule has 0 aliphatic carbocycles. The summed E-state index contributed by atoms with van der Waals surface area (Å²) >= 11 is 0. The molecule has 144 valence electrons. The van der Waals surface area contributed by atoms with E-state index in [-0.39, 0.29) is 23.3 Å². The van der Waals surface area contributed by atoms with Crippen LogP contribution in [-0.2, 0) is 17.6 Å². The normalized spacial score (nSPS) is 15.1. The number of ether oxygens (including phenoxy) is 1. The number of nitrogens with zero attached hydrogens (tertiary/aromatic N) is 1. The number of carboxylic acids is 1. The molecule has 1 amide bonds. The van der Waals surface area contributed by atoms with Gasteiger partial charge >= 0.3 is 5.97 Å². The van der Waals surface area contributed by atoms with E-state index in [2.05, 4.69) is 12.1 Å². The number of carbonyl (C=O) groups excluding carboxylic acids is 1. The first-order chi connectivity index (χ1) is 13.1. The molecule has 2 aromatic rings. The molecule has 6 heteroatoms. The molecule has 1 saturated heterocycles. The lowest BCUT2D eigenvalue weighted by molar-refractivity contribution is 0.00916. The molecule has 6 nitrogen and oxygen atoms in total. The van der Waals surface area contributed by atoms with Crippen LogP contribution in [0.1, 0.15) is 52.0 Å². The predicted molar refractivity (Wildman–Crippen MR) is 100 cm³/mol. The van der Waals surface area contributed by atoms with Crippen LogP contribution in [0.3, 0.4) is 0 Å². The average Bonchev–Trinajstić information content (AvgIpc) is 3.14. The summed E-state index contributed by atoms with van der Waals surface area (Å²) in [4.78, 5) is 25.6. The molecule has 27 heavy (non-hydrogen) atoms. The van der Waals surface area contributed by atoms with E-state index in [1.807, 2.05) is 18.2 Å². The number of carbonyl (C=O) groups is 2. The number of aryl methyl sites for hydroxylation is 1. The fourth-order valence-electron chi connectivity index (χ4n) is 3.35. The second-order valence-electron chi connectivity index (χ2n) is 6.70. The van der Waals surface area contributed by atoms with E-state index >= 15 is 0 Å². The average molecular weight is 371 g/mol. The molecule has 1 fully saturated rings. The van der Waals surface area contributed by atoms with Gasteiger partial charge in [0, 0.05) is 25.6 Å². The SMILES string of the molecule is CCc1oc(C(=O)N2CCC(OCCc3ccccc3)CC2)cc1C(=O)O. The van der Waals surface area contributed by atoms with Crippen LogP contribution in [0.2, 0.25) is 0 Å². The second kappa shape index (κ2) is 8.86. The Morgan fingerprint density at radius 2 is 1.93 bits per heavy atom. The molecule has 0 unspecified atom stereocenters. The van der Waals surface area contributed by atoms with Crippen LogP contribution in [0, 0.1) is 0 Å². The van der Waals surface area contributed by atoms with Crippen molar-refractivity contribution >= 4 is 11.9 Å². The zero-order chi connectivity index (χ0) is 19.2. The van der Waals surface area contributed by atoms with Gasteiger partial charge in [-0.2, -0.15) is 0 Å². The fourth-order valence-corrected chi connectivity index (χ4v) is 3.35. The minimum Gasteiger partial charge on any atom is -0.478 e. The zero-order valence-corrected chi connectivity index (χ0v) is 15.5. The van der Waals surface area contributed by atoms with Crippen LogP contribution in [-0.4, -0.2) is 47.7 Å². The third-order valence-corrected chi connectivity index (χ3v) is 4.89. The van der Waals surface area contributed by atoms with E-state index in [1.54, 1.807) is 11.8 Å². The van der Waals surface area contributed by atoms with Gasteiger partial charge in [0.2, 0.25) is 0 Å². The molecular formula is C21H25NO5. The zero-order valence-electron chi connectivity index (χ0n) is 15.5. The molecule has 0 spiro atoms. The van der Waals surface area contributed by atoms with E-state index in [0.29, 0.717) is 31.9 Å². The summed E-state index contributed by atoms with van der Waals surface area (Å²) in [7, 11) is 0. The minimum atomic E-state index is -1.07. The summed E-state index contributed by atoms with van der Waals surface area (Å²) in [5, 5.41) is 9.20. The first kappa shape index (κ1) is 19.2.